The molecule has 1 atom stereocenters. The summed E-state index contributed by atoms with van der Waals surface area (Å²) in [4.78, 5) is 12.5. The summed E-state index contributed by atoms with van der Waals surface area (Å²) in [5.41, 5.74) is 0.971. The highest BCUT2D eigenvalue weighted by molar-refractivity contribution is 5.90. The summed E-state index contributed by atoms with van der Waals surface area (Å²) >= 11 is 0. The van der Waals surface area contributed by atoms with Gasteiger partial charge in [0, 0.05) is 6.42 Å². The topological polar surface area (TPSA) is 17.1 Å². The zero-order valence-corrected chi connectivity index (χ0v) is 10.9. The van der Waals surface area contributed by atoms with Crippen molar-refractivity contribution in [1.29, 1.82) is 0 Å². The lowest BCUT2D eigenvalue weighted by atomic mass is 9.60. The average molecular weight is 230 g/mol. The minimum Gasteiger partial charge on any atom is -0.299 e. The second kappa shape index (κ2) is 5.03. The predicted octanol–water partition coefficient (Wildman–Crippen LogP) is 4.11. The molecule has 0 heterocycles. The Balaban J connectivity index is 2.33. The van der Waals surface area contributed by atoms with Gasteiger partial charge in [0.25, 0.3) is 0 Å². The standard InChI is InChI=1S/C16H22O/c1-3-8-15(17)16(2,14-11-7-12-14)13-9-5-4-6-10-13/h4-6,9-10,14H,3,7-8,11-12H2,1-2H3. The summed E-state index contributed by atoms with van der Waals surface area (Å²) in [5.74, 6) is 0.986. The SMILES string of the molecule is CCCC(=O)C(C)(c1ccccc1)C1CCC1. The fraction of sp³-hybridized carbons (Fsp3) is 0.562. The van der Waals surface area contributed by atoms with Crippen LogP contribution in [0, 0.1) is 5.92 Å². The monoisotopic (exact) mass is 230 g/mol. The molecule has 0 spiro atoms. The molecule has 1 nitrogen and oxygen atoms in total. The minimum atomic E-state index is -0.241. The Morgan fingerprint density at radius 2 is 1.94 bits per heavy atom. The Morgan fingerprint density at radius 3 is 2.41 bits per heavy atom. The molecular weight excluding hydrogens is 208 g/mol. The molecule has 1 unspecified atom stereocenters. The molecule has 1 aliphatic carbocycles. The van der Waals surface area contributed by atoms with Gasteiger partial charge >= 0.3 is 0 Å². The summed E-state index contributed by atoms with van der Waals surface area (Å²) in [5, 5.41) is 0. The van der Waals surface area contributed by atoms with Crippen LogP contribution in [-0.4, -0.2) is 5.78 Å². The maximum Gasteiger partial charge on any atom is 0.143 e. The van der Waals surface area contributed by atoms with Crippen molar-refractivity contribution in [2.45, 2.75) is 51.4 Å². The van der Waals surface area contributed by atoms with Crippen LogP contribution in [-0.2, 0) is 10.2 Å². The van der Waals surface area contributed by atoms with E-state index in [1.54, 1.807) is 0 Å². The third-order valence-electron chi connectivity index (χ3n) is 4.35. The third-order valence-corrected chi connectivity index (χ3v) is 4.35. The second-order valence-electron chi connectivity index (χ2n) is 5.37. The van der Waals surface area contributed by atoms with E-state index in [1.165, 1.54) is 24.8 Å². The van der Waals surface area contributed by atoms with E-state index < -0.39 is 0 Å². The van der Waals surface area contributed by atoms with Gasteiger partial charge in [0.1, 0.15) is 5.78 Å². The van der Waals surface area contributed by atoms with Crippen LogP contribution in [0.1, 0.15) is 51.5 Å². The molecule has 0 bridgehead atoms. The Labute approximate surface area is 104 Å². The molecule has 1 aliphatic rings. The van der Waals surface area contributed by atoms with Gasteiger partial charge in [-0.25, -0.2) is 0 Å². The molecule has 2 rings (SSSR count). The van der Waals surface area contributed by atoms with E-state index in [2.05, 4.69) is 26.0 Å². The van der Waals surface area contributed by atoms with E-state index >= 15 is 0 Å². The lowest BCUT2D eigenvalue weighted by Gasteiger charge is -2.42. The highest BCUT2D eigenvalue weighted by atomic mass is 16.1. The summed E-state index contributed by atoms with van der Waals surface area (Å²) in [6.07, 6.45) is 5.37. The van der Waals surface area contributed by atoms with Gasteiger partial charge in [-0.05, 0) is 37.7 Å². The first kappa shape index (κ1) is 12.3. The van der Waals surface area contributed by atoms with Gasteiger partial charge in [-0.15, -0.1) is 0 Å². The maximum absolute atomic E-state index is 12.5. The van der Waals surface area contributed by atoms with Crippen LogP contribution in [0.2, 0.25) is 0 Å². The van der Waals surface area contributed by atoms with E-state index in [9.17, 15) is 4.79 Å². The van der Waals surface area contributed by atoms with Gasteiger partial charge in [0.05, 0.1) is 5.41 Å². The van der Waals surface area contributed by atoms with E-state index in [0.717, 1.165) is 6.42 Å². The molecule has 0 amide bonds. The van der Waals surface area contributed by atoms with Gasteiger partial charge in [-0.2, -0.15) is 0 Å². The molecule has 1 aromatic rings. The van der Waals surface area contributed by atoms with E-state index in [-0.39, 0.29) is 5.41 Å². The molecule has 17 heavy (non-hydrogen) atoms. The molecule has 0 aliphatic heterocycles. The van der Waals surface area contributed by atoms with Gasteiger partial charge < -0.3 is 0 Å². The lowest BCUT2D eigenvalue weighted by Crippen LogP contribution is -2.43. The van der Waals surface area contributed by atoms with Crippen molar-refractivity contribution in [2.75, 3.05) is 0 Å². The van der Waals surface area contributed by atoms with Crippen LogP contribution in [0.4, 0.5) is 0 Å². The van der Waals surface area contributed by atoms with Crippen LogP contribution in [0.5, 0.6) is 0 Å². The van der Waals surface area contributed by atoms with Crippen molar-refractivity contribution in [3.8, 4) is 0 Å². The van der Waals surface area contributed by atoms with E-state index in [1.807, 2.05) is 18.2 Å². The number of hydrogen-bond acceptors (Lipinski definition) is 1. The fourth-order valence-corrected chi connectivity index (χ4v) is 2.88. The van der Waals surface area contributed by atoms with Crippen LogP contribution < -0.4 is 0 Å². The zero-order chi connectivity index (χ0) is 12.3. The van der Waals surface area contributed by atoms with Crippen molar-refractivity contribution in [1.82, 2.24) is 0 Å². The molecule has 1 heteroatoms. The van der Waals surface area contributed by atoms with Gasteiger partial charge in [0.2, 0.25) is 0 Å². The normalized spacial score (nSPS) is 19.4. The number of hydrogen-bond donors (Lipinski definition) is 0. The molecule has 0 saturated heterocycles. The van der Waals surface area contributed by atoms with Crippen molar-refractivity contribution >= 4 is 5.78 Å². The van der Waals surface area contributed by atoms with Crippen LogP contribution >= 0.6 is 0 Å². The Kier molecular flexibility index (Phi) is 3.66. The first-order chi connectivity index (χ1) is 8.19. The van der Waals surface area contributed by atoms with Crippen molar-refractivity contribution in [3.63, 3.8) is 0 Å². The molecule has 1 fully saturated rings. The lowest BCUT2D eigenvalue weighted by molar-refractivity contribution is -0.127. The van der Waals surface area contributed by atoms with Crippen LogP contribution in [0.15, 0.2) is 30.3 Å². The Hall–Kier alpha value is -1.11. The zero-order valence-electron chi connectivity index (χ0n) is 10.9. The quantitative estimate of drug-likeness (QED) is 0.744. The molecule has 0 radical (unpaired) electrons. The molecule has 1 aromatic carbocycles. The number of benzene rings is 1. The van der Waals surface area contributed by atoms with E-state index in [0.29, 0.717) is 18.1 Å². The maximum atomic E-state index is 12.5. The first-order valence-electron chi connectivity index (χ1n) is 6.78. The average Bonchev–Trinajstić information content (AvgIpc) is 2.28. The number of Topliss-reactive ketones (excluding diaryl/α,β-unsaturated/α-hetero) is 1. The van der Waals surface area contributed by atoms with E-state index in [4.69, 9.17) is 0 Å². The highest BCUT2D eigenvalue weighted by Gasteiger charge is 2.44. The van der Waals surface area contributed by atoms with Crippen molar-refractivity contribution in [3.05, 3.63) is 35.9 Å². The smallest absolute Gasteiger partial charge is 0.143 e. The number of rotatable bonds is 5. The molecule has 0 N–H and O–H groups in total. The number of carbonyl (C=O) groups is 1. The number of ketones is 1. The predicted molar refractivity (Wildman–Crippen MR) is 71.1 cm³/mol. The highest BCUT2D eigenvalue weighted by Crippen LogP contribution is 2.45. The fourth-order valence-electron chi connectivity index (χ4n) is 2.88. The third kappa shape index (κ3) is 2.15. The second-order valence-corrected chi connectivity index (χ2v) is 5.37. The van der Waals surface area contributed by atoms with Crippen LogP contribution in [0.3, 0.4) is 0 Å². The van der Waals surface area contributed by atoms with Crippen molar-refractivity contribution in [2.24, 2.45) is 5.92 Å². The summed E-state index contributed by atoms with van der Waals surface area (Å²) in [7, 11) is 0. The van der Waals surface area contributed by atoms with Crippen molar-refractivity contribution < 1.29 is 4.79 Å². The van der Waals surface area contributed by atoms with Crippen LogP contribution in [0.25, 0.3) is 0 Å². The Bertz CT molecular complexity index is 378. The summed E-state index contributed by atoms with van der Waals surface area (Å²) < 4.78 is 0. The summed E-state index contributed by atoms with van der Waals surface area (Å²) in [6.45, 7) is 4.24. The first-order valence-corrected chi connectivity index (χ1v) is 6.78. The molecule has 1 saturated carbocycles. The van der Waals surface area contributed by atoms with Gasteiger partial charge in [-0.3, -0.25) is 4.79 Å². The van der Waals surface area contributed by atoms with Gasteiger partial charge in [0.15, 0.2) is 0 Å². The minimum absolute atomic E-state index is 0.241. The molecule has 92 valence electrons. The molecular formula is C16H22O. The van der Waals surface area contributed by atoms with Gasteiger partial charge in [-0.1, -0.05) is 43.7 Å². The summed E-state index contributed by atoms with van der Waals surface area (Å²) in [6, 6.07) is 10.4. The molecule has 0 aromatic heterocycles. The Morgan fingerprint density at radius 1 is 1.29 bits per heavy atom. The largest absolute Gasteiger partial charge is 0.299 e. The number of carbonyl (C=O) groups excluding carboxylic acids is 1.